The van der Waals surface area contributed by atoms with Gasteiger partial charge in [-0.2, -0.15) is 0 Å². The Morgan fingerprint density at radius 3 is 2.67 bits per heavy atom. The van der Waals surface area contributed by atoms with E-state index >= 15 is 0 Å². The Morgan fingerprint density at radius 1 is 1.38 bits per heavy atom. The SMILES string of the molecule is CC(C)NC(=O)N1CC(Cc2ccccc2)OCC1(C)C. The van der Waals surface area contributed by atoms with E-state index in [1.165, 1.54) is 5.56 Å². The van der Waals surface area contributed by atoms with Crippen LogP contribution in [0, 0.1) is 0 Å². The van der Waals surface area contributed by atoms with Crippen molar-refractivity contribution >= 4 is 6.03 Å². The standard InChI is InChI=1S/C17H26N2O2/c1-13(2)18-16(20)19-11-15(21-12-17(19,3)4)10-14-8-6-5-7-9-14/h5-9,13,15H,10-12H2,1-4H3,(H,18,20). The number of hydrogen-bond acceptors (Lipinski definition) is 2. The van der Waals surface area contributed by atoms with Crippen LogP contribution in [-0.4, -0.2) is 41.8 Å². The quantitative estimate of drug-likeness (QED) is 0.930. The van der Waals surface area contributed by atoms with Crippen LogP contribution in [0.1, 0.15) is 33.3 Å². The van der Waals surface area contributed by atoms with Crippen LogP contribution in [0.2, 0.25) is 0 Å². The maximum atomic E-state index is 12.4. The van der Waals surface area contributed by atoms with Gasteiger partial charge in [0.2, 0.25) is 0 Å². The van der Waals surface area contributed by atoms with E-state index in [0.29, 0.717) is 13.2 Å². The fourth-order valence-corrected chi connectivity index (χ4v) is 2.59. The molecule has 4 nitrogen and oxygen atoms in total. The van der Waals surface area contributed by atoms with Gasteiger partial charge in [0.1, 0.15) is 0 Å². The number of benzene rings is 1. The van der Waals surface area contributed by atoms with Gasteiger partial charge >= 0.3 is 6.03 Å². The number of hydrogen-bond donors (Lipinski definition) is 1. The number of carbonyl (C=O) groups excluding carboxylic acids is 1. The van der Waals surface area contributed by atoms with Crippen molar-refractivity contribution in [2.45, 2.75) is 51.8 Å². The third-order valence-corrected chi connectivity index (χ3v) is 3.75. The molecule has 0 aliphatic carbocycles. The molecule has 1 saturated heterocycles. The van der Waals surface area contributed by atoms with Crippen molar-refractivity contribution in [2.24, 2.45) is 0 Å². The summed E-state index contributed by atoms with van der Waals surface area (Å²) in [6.07, 6.45) is 0.890. The maximum absolute atomic E-state index is 12.4. The van der Waals surface area contributed by atoms with Gasteiger partial charge in [-0.15, -0.1) is 0 Å². The van der Waals surface area contributed by atoms with Crippen molar-refractivity contribution in [3.8, 4) is 0 Å². The summed E-state index contributed by atoms with van der Waals surface area (Å²) in [6, 6.07) is 10.4. The number of urea groups is 1. The van der Waals surface area contributed by atoms with E-state index < -0.39 is 0 Å². The van der Waals surface area contributed by atoms with Crippen LogP contribution in [0.4, 0.5) is 4.79 Å². The molecule has 1 N–H and O–H groups in total. The van der Waals surface area contributed by atoms with Gasteiger partial charge in [-0.3, -0.25) is 0 Å². The van der Waals surface area contributed by atoms with E-state index in [-0.39, 0.29) is 23.7 Å². The second kappa shape index (κ2) is 6.48. The van der Waals surface area contributed by atoms with Gasteiger partial charge in [0, 0.05) is 19.0 Å². The van der Waals surface area contributed by atoms with Crippen LogP contribution in [0.5, 0.6) is 0 Å². The Morgan fingerprint density at radius 2 is 2.05 bits per heavy atom. The van der Waals surface area contributed by atoms with E-state index in [4.69, 9.17) is 4.74 Å². The van der Waals surface area contributed by atoms with E-state index in [2.05, 4.69) is 17.4 Å². The molecule has 0 radical (unpaired) electrons. The molecule has 0 spiro atoms. The van der Waals surface area contributed by atoms with Crippen molar-refractivity contribution in [1.82, 2.24) is 10.2 Å². The van der Waals surface area contributed by atoms with Gasteiger partial charge < -0.3 is 15.0 Å². The van der Waals surface area contributed by atoms with Crippen LogP contribution >= 0.6 is 0 Å². The summed E-state index contributed by atoms with van der Waals surface area (Å²) in [7, 11) is 0. The minimum absolute atomic E-state index is 0.00337. The molecule has 0 saturated carbocycles. The monoisotopic (exact) mass is 290 g/mol. The Hall–Kier alpha value is -1.55. The molecule has 1 aromatic rings. The third kappa shape index (κ3) is 4.21. The van der Waals surface area contributed by atoms with Crippen LogP contribution in [-0.2, 0) is 11.2 Å². The number of amides is 2. The van der Waals surface area contributed by atoms with Gasteiger partial charge in [-0.05, 0) is 33.3 Å². The lowest BCUT2D eigenvalue weighted by Crippen LogP contribution is -2.61. The lowest BCUT2D eigenvalue weighted by molar-refractivity contribution is -0.0779. The van der Waals surface area contributed by atoms with Crippen molar-refractivity contribution in [3.63, 3.8) is 0 Å². The van der Waals surface area contributed by atoms with E-state index in [1.54, 1.807) is 0 Å². The lowest BCUT2D eigenvalue weighted by Gasteiger charge is -2.45. The second-order valence-electron chi connectivity index (χ2n) is 6.65. The van der Waals surface area contributed by atoms with Crippen molar-refractivity contribution < 1.29 is 9.53 Å². The number of nitrogens with one attached hydrogen (secondary N) is 1. The summed E-state index contributed by atoms with van der Waals surface area (Å²) in [6.45, 7) is 9.24. The predicted octanol–water partition coefficient (Wildman–Crippen LogP) is 2.83. The normalized spacial score (nSPS) is 21.4. The average molecular weight is 290 g/mol. The lowest BCUT2D eigenvalue weighted by atomic mass is 9.98. The highest BCUT2D eigenvalue weighted by Gasteiger charge is 2.38. The topological polar surface area (TPSA) is 41.6 Å². The Kier molecular flexibility index (Phi) is 4.88. The maximum Gasteiger partial charge on any atom is 0.318 e. The first kappa shape index (κ1) is 15.8. The molecular weight excluding hydrogens is 264 g/mol. The minimum Gasteiger partial charge on any atom is -0.374 e. The molecule has 1 atom stereocenters. The highest BCUT2D eigenvalue weighted by atomic mass is 16.5. The molecule has 1 fully saturated rings. The molecule has 1 heterocycles. The summed E-state index contributed by atoms with van der Waals surface area (Å²) < 4.78 is 5.96. The molecule has 116 valence electrons. The molecule has 1 aliphatic rings. The average Bonchev–Trinajstić information content (AvgIpc) is 2.41. The molecule has 2 amide bonds. The molecule has 1 aromatic carbocycles. The molecule has 0 bridgehead atoms. The fourth-order valence-electron chi connectivity index (χ4n) is 2.59. The third-order valence-electron chi connectivity index (χ3n) is 3.75. The zero-order valence-electron chi connectivity index (χ0n) is 13.4. The van der Waals surface area contributed by atoms with Gasteiger partial charge in [0.05, 0.1) is 18.2 Å². The predicted molar refractivity (Wildman–Crippen MR) is 84.3 cm³/mol. The Balaban J connectivity index is 2.03. The van der Waals surface area contributed by atoms with Crippen LogP contribution in [0.3, 0.4) is 0 Å². The number of nitrogens with zero attached hydrogens (tertiary/aromatic N) is 1. The van der Waals surface area contributed by atoms with Gasteiger partial charge in [0.25, 0.3) is 0 Å². The van der Waals surface area contributed by atoms with Gasteiger partial charge in [0.15, 0.2) is 0 Å². The van der Waals surface area contributed by atoms with E-state index in [1.807, 2.05) is 50.8 Å². The van der Waals surface area contributed by atoms with Crippen molar-refractivity contribution in [2.75, 3.05) is 13.2 Å². The van der Waals surface area contributed by atoms with Gasteiger partial charge in [-0.1, -0.05) is 30.3 Å². The summed E-state index contributed by atoms with van der Waals surface area (Å²) in [5, 5.41) is 2.98. The highest BCUT2D eigenvalue weighted by molar-refractivity contribution is 5.75. The second-order valence-corrected chi connectivity index (χ2v) is 6.65. The molecule has 1 aliphatic heterocycles. The van der Waals surface area contributed by atoms with E-state index in [0.717, 1.165) is 6.42 Å². The largest absolute Gasteiger partial charge is 0.374 e. The number of ether oxygens (including phenoxy) is 1. The Labute approximate surface area is 127 Å². The molecule has 1 unspecified atom stereocenters. The summed E-state index contributed by atoms with van der Waals surface area (Å²) in [4.78, 5) is 14.3. The van der Waals surface area contributed by atoms with Crippen LogP contribution < -0.4 is 5.32 Å². The Bertz CT molecular complexity index is 471. The summed E-state index contributed by atoms with van der Waals surface area (Å²) >= 11 is 0. The molecule has 21 heavy (non-hydrogen) atoms. The highest BCUT2D eigenvalue weighted by Crippen LogP contribution is 2.24. The first-order chi connectivity index (χ1) is 9.88. The summed E-state index contributed by atoms with van der Waals surface area (Å²) in [5.41, 5.74) is 0.970. The molecular formula is C17H26N2O2. The number of carbonyl (C=O) groups is 1. The minimum atomic E-state index is -0.272. The summed E-state index contributed by atoms with van der Waals surface area (Å²) in [5.74, 6) is 0. The van der Waals surface area contributed by atoms with Crippen molar-refractivity contribution in [1.29, 1.82) is 0 Å². The first-order valence-corrected chi connectivity index (χ1v) is 7.62. The zero-order chi connectivity index (χ0) is 15.5. The molecule has 2 rings (SSSR count). The van der Waals surface area contributed by atoms with E-state index in [9.17, 15) is 4.79 Å². The molecule has 0 aromatic heterocycles. The van der Waals surface area contributed by atoms with Crippen LogP contribution in [0.15, 0.2) is 30.3 Å². The number of morpholine rings is 1. The fraction of sp³-hybridized carbons (Fsp3) is 0.588. The first-order valence-electron chi connectivity index (χ1n) is 7.62. The molecule has 4 heteroatoms. The van der Waals surface area contributed by atoms with Crippen molar-refractivity contribution in [3.05, 3.63) is 35.9 Å². The number of rotatable bonds is 3. The smallest absolute Gasteiger partial charge is 0.318 e. The zero-order valence-corrected chi connectivity index (χ0v) is 13.4. The van der Waals surface area contributed by atoms with Crippen LogP contribution in [0.25, 0.3) is 0 Å². The van der Waals surface area contributed by atoms with Gasteiger partial charge in [-0.25, -0.2) is 4.79 Å².